The predicted molar refractivity (Wildman–Crippen MR) is 132 cm³/mol. The van der Waals surface area contributed by atoms with E-state index in [1.807, 2.05) is 48.5 Å². The Labute approximate surface area is 199 Å². The fourth-order valence-corrected chi connectivity index (χ4v) is 4.79. The molecule has 0 saturated carbocycles. The number of nitrogens with one attached hydrogen (secondary N) is 1. The summed E-state index contributed by atoms with van der Waals surface area (Å²) in [4.78, 5) is 25.6. The zero-order valence-corrected chi connectivity index (χ0v) is 19.3. The summed E-state index contributed by atoms with van der Waals surface area (Å²) in [6.45, 7) is 0. The minimum atomic E-state index is -1.10. The van der Waals surface area contributed by atoms with Crippen LogP contribution in [-0.4, -0.2) is 32.1 Å². The van der Waals surface area contributed by atoms with Crippen molar-refractivity contribution in [2.45, 2.75) is 17.7 Å². The van der Waals surface area contributed by atoms with Crippen LogP contribution in [-0.2, 0) is 23.6 Å². The summed E-state index contributed by atoms with van der Waals surface area (Å²) < 4.78 is 13.5. The predicted octanol–water partition coefficient (Wildman–Crippen LogP) is 3.73. The first kappa shape index (κ1) is 21.8. The number of nitrogens with two attached hydrogens (primary N) is 1. The number of aryl methyl sites for hydroxylation is 1. The van der Waals surface area contributed by atoms with Gasteiger partial charge in [0.05, 0.1) is 11.4 Å². The number of rotatable bonds is 5. The third kappa shape index (κ3) is 3.92. The minimum Gasteiger partial charge on any atom is -0.364 e. The SMILES string of the molecule is CS(=O)c1ccc(-n2nc(C(N)=O)c3c2-c2cc(NC(=O)c4ccccc4)ccc2CC3)cc1. The number of benzene rings is 3. The molecule has 0 bridgehead atoms. The second-order valence-electron chi connectivity index (χ2n) is 8.09. The van der Waals surface area contributed by atoms with E-state index >= 15 is 0 Å². The number of hydrogen-bond acceptors (Lipinski definition) is 4. The maximum absolute atomic E-state index is 12.7. The average Bonchev–Trinajstić information content (AvgIpc) is 3.25. The van der Waals surface area contributed by atoms with E-state index in [0.717, 1.165) is 34.5 Å². The topological polar surface area (TPSA) is 107 Å². The van der Waals surface area contributed by atoms with Gasteiger partial charge in [0.2, 0.25) is 0 Å². The monoisotopic (exact) mass is 470 g/mol. The Balaban J connectivity index is 1.60. The molecule has 7 nitrogen and oxygen atoms in total. The van der Waals surface area contributed by atoms with Gasteiger partial charge < -0.3 is 11.1 Å². The van der Waals surface area contributed by atoms with Crippen molar-refractivity contribution in [2.75, 3.05) is 11.6 Å². The van der Waals surface area contributed by atoms with Crippen LogP contribution in [0.5, 0.6) is 0 Å². The van der Waals surface area contributed by atoms with E-state index in [0.29, 0.717) is 22.6 Å². The van der Waals surface area contributed by atoms with E-state index in [4.69, 9.17) is 5.73 Å². The largest absolute Gasteiger partial charge is 0.364 e. The molecule has 4 aromatic rings. The molecule has 1 atom stereocenters. The number of primary amides is 1. The van der Waals surface area contributed by atoms with Gasteiger partial charge in [-0.3, -0.25) is 13.8 Å². The fourth-order valence-electron chi connectivity index (χ4n) is 4.27. The highest BCUT2D eigenvalue weighted by Gasteiger charge is 2.28. The fraction of sp³-hybridized carbons (Fsp3) is 0.115. The lowest BCUT2D eigenvalue weighted by molar-refractivity contribution is 0.0992. The molecule has 8 heteroatoms. The molecule has 1 aromatic heterocycles. The van der Waals surface area contributed by atoms with Crippen LogP contribution in [0.15, 0.2) is 77.7 Å². The van der Waals surface area contributed by atoms with Gasteiger partial charge in [0.25, 0.3) is 11.8 Å². The number of fused-ring (bicyclic) bond motifs is 3. The van der Waals surface area contributed by atoms with Crippen molar-refractivity contribution in [1.29, 1.82) is 0 Å². The maximum atomic E-state index is 12.7. The van der Waals surface area contributed by atoms with E-state index in [1.165, 1.54) is 0 Å². The second kappa shape index (κ2) is 8.72. The quantitative estimate of drug-likeness (QED) is 0.463. The van der Waals surface area contributed by atoms with E-state index < -0.39 is 16.7 Å². The Bertz CT molecular complexity index is 1440. The standard InChI is InChI=1S/C26H22N4O3S/c1-34(33)20-12-10-19(11-13-20)30-24-21(23(29-30)25(27)31)14-8-16-7-9-18(15-22(16)24)28-26(32)17-5-3-2-4-6-17/h2-7,9-13,15H,8,14H2,1H3,(H2,27,31)(H,28,32). The molecule has 3 aromatic carbocycles. The van der Waals surface area contributed by atoms with Crippen LogP contribution in [0.4, 0.5) is 5.69 Å². The molecular formula is C26H22N4O3S. The number of carbonyl (C=O) groups excluding carboxylic acids is 2. The van der Waals surface area contributed by atoms with Crippen LogP contribution >= 0.6 is 0 Å². The van der Waals surface area contributed by atoms with Gasteiger partial charge in [-0.25, -0.2) is 4.68 Å². The summed E-state index contributed by atoms with van der Waals surface area (Å²) in [7, 11) is -1.10. The third-order valence-electron chi connectivity index (χ3n) is 5.93. The molecule has 1 aliphatic rings. The normalized spacial score (nSPS) is 13.0. The van der Waals surface area contributed by atoms with Crippen LogP contribution in [0, 0.1) is 0 Å². The molecule has 0 fully saturated rings. The Kier molecular flexibility index (Phi) is 5.59. The summed E-state index contributed by atoms with van der Waals surface area (Å²) in [5.41, 5.74) is 11.4. The van der Waals surface area contributed by atoms with Gasteiger partial charge in [0.15, 0.2) is 5.69 Å². The van der Waals surface area contributed by atoms with Crippen molar-refractivity contribution in [2.24, 2.45) is 5.73 Å². The number of aromatic nitrogens is 2. The summed E-state index contributed by atoms with van der Waals surface area (Å²) in [6.07, 6.45) is 2.99. The molecule has 1 unspecified atom stereocenters. The van der Waals surface area contributed by atoms with E-state index in [-0.39, 0.29) is 11.6 Å². The molecule has 0 spiro atoms. The van der Waals surface area contributed by atoms with Gasteiger partial charge in [0.1, 0.15) is 0 Å². The first-order valence-electron chi connectivity index (χ1n) is 10.8. The molecular weight excluding hydrogens is 448 g/mol. The van der Waals surface area contributed by atoms with Gasteiger partial charge >= 0.3 is 0 Å². The lowest BCUT2D eigenvalue weighted by atomic mass is 9.88. The molecule has 0 radical (unpaired) electrons. The van der Waals surface area contributed by atoms with Crippen LogP contribution in [0.3, 0.4) is 0 Å². The third-order valence-corrected chi connectivity index (χ3v) is 6.87. The zero-order valence-electron chi connectivity index (χ0n) is 18.4. The van der Waals surface area contributed by atoms with Crippen LogP contribution in [0.2, 0.25) is 0 Å². The molecule has 1 heterocycles. The highest BCUT2D eigenvalue weighted by atomic mass is 32.2. The van der Waals surface area contributed by atoms with Gasteiger partial charge in [-0.05, 0) is 66.9 Å². The molecule has 5 rings (SSSR count). The molecule has 2 amide bonds. The number of carbonyl (C=O) groups is 2. The van der Waals surface area contributed by atoms with Gasteiger partial charge in [0, 0.05) is 44.3 Å². The number of anilines is 1. The second-order valence-corrected chi connectivity index (χ2v) is 9.47. The van der Waals surface area contributed by atoms with Crippen molar-refractivity contribution in [3.8, 4) is 16.9 Å². The van der Waals surface area contributed by atoms with Crippen molar-refractivity contribution >= 4 is 28.3 Å². The summed E-state index contributed by atoms with van der Waals surface area (Å²) in [5.74, 6) is -0.788. The zero-order chi connectivity index (χ0) is 23.8. The average molecular weight is 471 g/mol. The van der Waals surface area contributed by atoms with E-state index in [1.54, 1.807) is 35.2 Å². The van der Waals surface area contributed by atoms with Crippen LogP contribution in [0.25, 0.3) is 16.9 Å². The summed E-state index contributed by atoms with van der Waals surface area (Å²) in [5, 5.41) is 7.51. The first-order valence-corrected chi connectivity index (χ1v) is 12.3. The van der Waals surface area contributed by atoms with Crippen molar-refractivity contribution in [3.05, 3.63) is 95.2 Å². The maximum Gasteiger partial charge on any atom is 0.269 e. The van der Waals surface area contributed by atoms with Crippen molar-refractivity contribution in [3.63, 3.8) is 0 Å². The van der Waals surface area contributed by atoms with E-state index in [9.17, 15) is 13.8 Å². The molecule has 170 valence electrons. The summed E-state index contributed by atoms with van der Waals surface area (Å²) >= 11 is 0. The van der Waals surface area contributed by atoms with Gasteiger partial charge in [-0.15, -0.1) is 0 Å². The molecule has 0 aliphatic heterocycles. The van der Waals surface area contributed by atoms with Crippen LogP contribution < -0.4 is 11.1 Å². The van der Waals surface area contributed by atoms with E-state index in [2.05, 4.69) is 10.4 Å². The Morgan fingerprint density at radius 1 is 1.00 bits per heavy atom. The molecule has 0 saturated heterocycles. The first-order chi connectivity index (χ1) is 16.4. The van der Waals surface area contributed by atoms with Gasteiger partial charge in [-0.2, -0.15) is 5.10 Å². The summed E-state index contributed by atoms with van der Waals surface area (Å²) in [6, 6.07) is 22.0. The Hall–Kier alpha value is -4.04. The highest BCUT2D eigenvalue weighted by molar-refractivity contribution is 7.84. The van der Waals surface area contributed by atoms with Crippen molar-refractivity contribution in [1.82, 2.24) is 9.78 Å². The van der Waals surface area contributed by atoms with Crippen molar-refractivity contribution < 1.29 is 13.8 Å². The highest BCUT2D eigenvalue weighted by Crippen LogP contribution is 2.38. The van der Waals surface area contributed by atoms with Crippen LogP contribution in [0.1, 0.15) is 32.0 Å². The number of nitrogens with zero attached hydrogens (tertiary/aromatic N) is 2. The molecule has 1 aliphatic carbocycles. The lowest BCUT2D eigenvalue weighted by Crippen LogP contribution is -2.15. The Morgan fingerprint density at radius 2 is 1.74 bits per heavy atom. The minimum absolute atomic E-state index is 0.203. The molecule has 34 heavy (non-hydrogen) atoms. The number of amides is 2. The van der Waals surface area contributed by atoms with Gasteiger partial charge in [-0.1, -0.05) is 24.3 Å². The lowest BCUT2D eigenvalue weighted by Gasteiger charge is -2.20. The smallest absolute Gasteiger partial charge is 0.269 e. The Morgan fingerprint density at radius 3 is 2.41 bits per heavy atom. The molecule has 3 N–H and O–H groups in total. The number of hydrogen-bond donors (Lipinski definition) is 2.